The van der Waals surface area contributed by atoms with Gasteiger partial charge in [-0.15, -0.1) is 0 Å². The summed E-state index contributed by atoms with van der Waals surface area (Å²) < 4.78 is 13.3. The van der Waals surface area contributed by atoms with Gasteiger partial charge in [0.1, 0.15) is 5.82 Å². The van der Waals surface area contributed by atoms with Crippen LogP contribution in [0.3, 0.4) is 0 Å². The van der Waals surface area contributed by atoms with Gasteiger partial charge in [-0.1, -0.05) is 6.07 Å². The highest BCUT2D eigenvalue weighted by Crippen LogP contribution is 2.47. The Bertz CT molecular complexity index is 397. The third-order valence-electron chi connectivity index (χ3n) is 4.02. The van der Waals surface area contributed by atoms with Crippen LogP contribution in [-0.4, -0.2) is 18.3 Å². The van der Waals surface area contributed by atoms with Gasteiger partial charge in [0.2, 0.25) is 0 Å². The Morgan fingerprint density at radius 2 is 2.18 bits per heavy atom. The zero-order valence-electron chi connectivity index (χ0n) is 10.2. The zero-order chi connectivity index (χ0) is 12.5. The maximum Gasteiger partial charge on any atom is 0.123 e. The molecule has 1 aromatic rings. The summed E-state index contributed by atoms with van der Waals surface area (Å²) in [7, 11) is 0. The molecule has 1 saturated carbocycles. The Hall–Kier alpha value is -0.930. The SMILES string of the molecule is Cc1ccc(F)cc1CC(CN)(CO)C1CC1. The van der Waals surface area contributed by atoms with E-state index in [1.165, 1.54) is 6.07 Å². The van der Waals surface area contributed by atoms with Crippen LogP contribution in [0.1, 0.15) is 24.0 Å². The largest absolute Gasteiger partial charge is 0.396 e. The van der Waals surface area contributed by atoms with Crippen molar-refractivity contribution in [2.75, 3.05) is 13.2 Å². The number of aliphatic hydroxyl groups is 1. The van der Waals surface area contributed by atoms with E-state index in [0.29, 0.717) is 18.9 Å². The van der Waals surface area contributed by atoms with Crippen LogP contribution in [0, 0.1) is 24.1 Å². The topological polar surface area (TPSA) is 46.2 Å². The first-order valence-corrected chi connectivity index (χ1v) is 6.17. The summed E-state index contributed by atoms with van der Waals surface area (Å²) in [5, 5.41) is 9.63. The molecule has 0 saturated heterocycles. The van der Waals surface area contributed by atoms with Crippen LogP contribution in [-0.2, 0) is 6.42 Å². The molecule has 0 radical (unpaired) electrons. The normalized spacial score (nSPS) is 19.1. The summed E-state index contributed by atoms with van der Waals surface area (Å²) in [4.78, 5) is 0. The predicted octanol–water partition coefficient (Wildman–Crippen LogP) is 2.02. The molecule has 1 aromatic carbocycles. The molecule has 0 amide bonds. The van der Waals surface area contributed by atoms with Crippen LogP contribution in [0.15, 0.2) is 18.2 Å². The predicted molar refractivity (Wildman–Crippen MR) is 66.1 cm³/mol. The molecule has 3 N–H and O–H groups in total. The second kappa shape index (κ2) is 4.75. The molecule has 94 valence electrons. The second-order valence-corrected chi connectivity index (χ2v) is 5.25. The molecule has 0 aromatic heterocycles. The lowest BCUT2D eigenvalue weighted by Gasteiger charge is -2.31. The van der Waals surface area contributed by atoms with Crippen LogP contribution in [0.4, 0.5) is 4.39 Å². The molecule has 0 aliphatic heterocycles. The smallest absolute Gasteiger partial charge is 0.123 e. The van der Waals surface area contributed by atoms with Crippen molar-refractivity contribution < 1.29 is 9.50 Å². The Morgan fingerprint density at radius 1 is 1.47 bits per heavy atom. The van der Waals surface area contributed by atoms with Crippen LogP contribution in [0.2, 0.25) is 0 Å². The van der Waals surface area contributed by atoms with E-state index in [2.05, 4.69) is 0 Å². The van der Waals surface area contributed by atoms with Crippen molar-refractivity contribution >= 4 is 0 Å². The Morgan fingerprint density at radius 3 is 2.71 bits per heavy atom. The van der Waals surface area contributed by atoms with Gasteiger partial charge in [-0.25, -0.2) is 4.39 Å². The van der Waals surface area contributed by atoms with Crippen molar-refractivity contribution in [1.82, 2.24) is 0 Å². The first-order valence-electron chi connectivity index (χ1n) is 6.17. The van der Waals surface area contributed by atoms with Crippen LogP contribution in [0.25, 0.3) is 0 Å². The number of hydrogen-bond donors (Lipinski definition) is 2. The minimum atomic E-state index is -0.251. The van der Waals surface area contributed by atoms with Gasteiger partial charge >= 0.3 is 0 Å². The summed E-state index contributed by atoms with van der Waals surface area (Å²) in [5.41, 5.74) is 7.63. The lowest BCUT2D eigenvalue weighted by molar-refractivity contribution is 0.109. The number of rotatable bonds is 5. The highest BCUT2D eigenvalue weighted by Gasteiger charge is 2.43. The first-order chi connectivity index (χ1) is 8.11. The van der Waals surface area contributed by atoms with E-state index < -0.39 is 0 Å². The first kappa shape index (κ1) is 12.5. The van der Waals surface area contributed by atoms with Gasteiger partial charge in [-0.05, 0) is 55.4 Å². The minimum absolute atomic E-state index is 0.0874. The highest BCUT2D eigenvalue weighted by molar-refractivity contribution is 5.28. The standard InChI is InChI=1S/C14H20FNO/c1-10-2-5-13(15)6-11(10)7-14(8-16,9-17)12-3-4-12/h2,5-6,12,17H,3-4,7-9,16H2,1H3. The Kier molecular flexibility index (Phi) is 3.50. The molecule has 0 bridgehead atoms. The van der Waals surface area contributed by atoms with E-state index in [4.69, 9.17) is 5.73 Å². The number of benzene rings is 1. The quantitative estimate of drug-likeness (QED) is 0.823. The van der Waals surface area contributed by atoms with Crippen molar-refractivity contribution in [2.24, 2.45) is 17.1 Å². The van der Waals surface area contributed by atoms with E-state index in [1.807, 2.05) is 6.92 Å². The van der Waals surface area contributed by atoms with Gasteiger partial charge in [0.25, 0.3) is 0 Å². The molecule has 3 heteroatoms. The van der Waals surface area contributed by atoms with Crippen molar-refractivity contribution in [3.63, 3.8) is 0 Å². The fourth-order valence-corrected chi connectivity index (χ4v) is 2.54. The fraction of sp³-hybridized carbons (Fsp3) is 0.571. The van der Waals surface area contributed by atoms with Gasteiger partial charge in [0, 0.05) is 12.0 Å². The lowest BCUT2D eigenvalue weighted by Crippen LogP contribution is -2.38. The van der Waals surface area contributed by atoms with E-state index in [0.717, 1.165) is 24.0 Å². The number of hydrogen-bond acceptors (Lipinski definition) is 2. The zero-order valence-corrected chi connectivity index (χ0v) is 10.2. The maximum atomic E-state index is 13.3. The van der Waals surface area contributed by atoms with E-state index in [9.17, 15) is 9.50 Å². The molecule has 0 spiro atoms. The summed E-state index contributed by atoms with van der Waals surface area (Å²) in [6.45, 7) is 2.52. The molecule has 2 nitrogen and oxygen atoms in total. The summed E-state index contributed by atoms with van der Waals surface area (Å²) in [5.74, 6) is 0.283. The Balaban J connectivity index is 2.25. The van der Waals surface area contributed by atoms with E-state index >= 15 is 0 Å². The van der Waals surface area contributed by atoms with Gasteiger partial charge in [-0.3, -0.25) is 0 Å². The van der Waals surface area contributed by atoms with Crippen molar-refractivity contribution in [3.8, 4) is 0 Å². The average Bonchev–Trinajstić information content (AvgIpc) is 3.15. The number of halogens is 1. The van der Waals surface area contributed by atoms with Gasteiger partial charge in [0.05, 0.1) is 6.61 Å². The monoisotopic (exact) mass is 237 g/mol. The van der Waals surface area contributed by atoms with Crippen molar-refractivity contribution in [1.29, 1.82) is 0 Å². The van der Waals surface area contributed by atoms with Crippen molar-refractivity contribution in [2.45, 2.75) is 26.2 Å². The maximum absolute atomic E-state index is 13.3. The molecular weight excluding hydrogens is 217 g/mol. The van der Waals surface area contributed by atoms with Crippen LogP contribution in [0.5, 0.6) is 0 Å². The molecule has 1 unspecified atom stereocenters. The molecule has 0 heterocycles. The lowest BCUT2D eigenvalue weighted by atomic mass is 9.77. The summed E-state index contributed by atoms with van der Waals surface area (Å²) in [6.07, 6.45) is 2.94. The van der Waals surface area contributed by atoms with Gasteiger partial charge in [-0.2, -0.15) is 0 Å². The summed E-state index contributed by atoms with van der Waals surface area (Å²) >= 11 is 0. The van der Waals surface area contributed by atoms with E-state index in [1.54, 1.807) is 12.1 Å². The molecule has 1 atom stereocenters. The third kappa shape index (κ3) is 2.50. The molecule has 2 rings (SSSR count). The molecule has 1 fully saturated rings. The molecular formula is C14H20FNO. The van der Waals surface area contributed by atoms with Crippen molar-refractivity contribution in [3.05, 3.63) is 35.1 Å². The Labute approximate surface area is 102 Å². The van der Waals surface area contributed by atoms with Crippen LogP contribution >= 0.6 is 0 Å². The molecule has 1 aliphatic rings. The third-order valence-corrected chi connectivity index (χ3v) is 4.02. The number of aryl methyl sites for hydroxylation is 1. The minimum Gasteiger partial charge on any atom is -0.396 e. The second-order valence-electron chi connectivity index (χ2n) is 5.25. The molecule has 1 aliphatic carbocycles. The van der Waals surface area contributed by atoms with Crippen LogP contribution < -0.4 is 5.73 Å². The summed E-state index contributed by atoms with van der Waals surface area (Å²) in [6, 6.07) is 4.83. The number of aliphatic hydroxyl groups excluding tert-OH is 1. The number of nitrogens with two attached hydrogens (primary N) is 1. The van der Waals surface area contributed by atoms with Gasteiger partial charge < -0.3 is 10.8 Å². The van der Waals surface area contributed by atoms with Gasteiger partial charge in [0.15, 0.2) is 0 Å². The fourth-order valence-electron chi connectivity index (χ4n) is 2.54. The highest BCUT2D eigenvalue weighted by atomic mass is 19.1. The molecule has 17 heavy (non-hydrogen) atoms. The van der Waals surface area contributed by atoms with E-state index in [-0.39, 0.29) is 17.8 Å². The average molecular weight is 237 g/mol.